The normalized spacial score (nSPS) is 12.5. The number of fused-ring (bicyclic) bond motifs is 1. The van der Waals surface area contributed by atoms with E-state index in [1.165, 1.54) is 17.9 Å². The zero-order chi connectivity index (χ0) is 20.1. The van der Waals surface area contributed by atoms with E-state index in [0.29, 0.717) is 16.9 Å². The third kappa shape index (κ3) is 2.97. The van der Waals surface area contributed by atoms with Crippen molar-refractivity contribution in [3.63, 3.8) is 0 Å². The van der Waals surface area contributed by atoms with Crippen LogP contribution in [0.3, 0.4) is 0 Å². The molecule has 0 aromatic carbocycles. The number of hydrogen-bond donors (Lipinski definition) is 1. The summed E-state index contributed by atoms with van der Waals surface area (Å²) in [4.78, 5) is 16.3. The number of aryl methyl sites for hydroxylation is 1. The van der Waals surface area contributed by atoms with E-state index in [1.54, 1.807) is 56.7 Å². The van der Waals surface area contributed by atoms with E-state index in [1.807, 2.05) is 0 Å². The van der Waals surface area contributed by atoms with Gasteiger partial charge in [0.1, 0.15) is 16.3 Å². The molecule has 9 heteroatoms. The van der Waals surface area contributed by atoms with E-state index in [0.717, 1.165) is 0 Å². The third-order valence-corrected chi connectivity index (χ3v) is 6.90. The summed E-state index contributed by atoms with van der Waals surface area (Å²) in [5.74, 6) is 0.231. The molecule has 2 N–H and O–H groups in total. The molecule has 3 rings (SSSR count). The zero-order valence-electron chi connectivity index (χ0n) is 15.8. The van der Waals surface area contributed by atoms with Crippen molar-refractivity contribution >= 4 is 21.2 Å². The molecule has 27 heavy (non-hydrogen) atoms. The summed E-state index contributed by atoms with van der Waals surface area (Å²) >= 11 is 0. The van der Waals surface area contributed by atoms with Crippen molar-refractivity contribution in [1.29, 1.82) is 0 Å². The highest BCUT2D eigenvalue weighted by atomic mass is 32.2. The number of nitrogen functional groups attached to an aromatic ring is 1. The number of hydrogen-bond acceptors (Lipinski definition) is 6. The van der Waals surface area contributed by atoms with E-state index in [-0.39, 0.29) is 21.9 Å². The van der Waals surface area contributed by atoms with Crippen molar-refractivity contribution < 1.29 is 13.2 Å². The zero-order valence-corrected chi connectivity index (χ0v) is 16.7. The number of anilines is 1. The summed E-state index contributed by atoms with van der Waals surface area (Å²) in [5, 5.41) is 0. The Morgan fingerprint density at radius 3 is 2.41 bits per heavy atom. The van der Waals surface area contributed by atoms with Crippen LogP contribution in [0.1, 0.15) is 20.8 Å². The lowest BCUT2D eigenvalue weighted by Crippen LogP contribution is -2.28. The average Bonchev–Trinajstić information content (AvgIpc) is 2.99. The maximum atomic E-state index is 13.0. The number of aromatic nitrogens is 3. The predicted octanol–water partition coefficient (Wildman–Crippen LogP) is 1.86. The molecule has 0 aliphatic heterocycles. The second-order valence-corrected chi connectivity index (χ2v) is 9.97. The molecule has 3 aromatic heterocycles. The first-order valence-electron chi connectivity index (χ1n) is 8.23. The van der Waals surface area contributed by atoms with Crippen molar-refractivity contribution in [2.45, 2.75) is 30.4 Å². The van der Waals surface area contributed by atoms with Gasteiger partial charge in [-0.15, -0.1) is 0 Å². The minimum atomic E-state index is -3.66. The summed E-state index contributed by atoms with van der Waals surface area (Å²) in [7, 11) is -0.641. The third-order valence-electron chi connectivity index (χ3n) is 4.40. The van der Waals surface area contributed by atoms with Crippen LogP contribution in [0.5, 0.6) is 5.75 Å². The smallest absolute Gasteiger partial charge is 0.273 e. The quantitative estimate of drug-likeness (QED) is 0.731. The van der Waals surface area contributed by atoms with Gasteiger partial charge in [-0.3, -0.25) is 9.20 Å². The lowest BCUT2D eigenvalue weighted by atomic mass is 10.2. The topological polar surface area (TPSA) is 109 Å². The fourth-order valence-corrected chi connectivity index (χ4v) is 4.08. The monoisotopic (exact) mass is 390 g/mol. The second kappa shape index (κ2) is 6.12. The van der Waals surface area contributed by atoms with Crippen LogP contribution >= 0.6 is 0 Å². The average molecular weight is 390 g/mol. The number of pyridine rings is 2. The van der Waals surface area contributed by atoms with Gasteiger partial charge in [0.25, 0.3) is 5.56 Å². The van der Waals surface area contributed by atoms with Gasteiger partial charge >= 0.3 is 0 Å². The standard InChI is InChI=1S/C18H22N4O4S/c1-18(2,3)27(24,25)15-10-22-13(8-20-16(22)7-14(15)26-5)11-6-12(19)17(23)21(4)9-11/h6-10H,19H2,1-5H3. The molecule has 3 aromatic rings. The first-order chi connectivity index (χ1) is 12.5. The predicted molar refractivity (Wildman–Crippen MR) is 104 cm³/mol. The molecular formula is C18H22N4O4S. The molecule has 0 amide bonds. The number of sulfone groups is 1. The molecule has 0 aliphatic rings. The van der Waals surface area contributed by atoms with Crippen molar-refractivity contribution in [2.75, 3.05) is 12.8 Å². The van der Waals surface area contributed by atoms with Gasteiger partial charge in [0.2, 0.25) is 0 Å². The van der Waals surface area contributed by atoms with E-state index in [2.05, 4.69) is 4.98 Å². The van der Waals surface area contributed by atoms with Gasteiger partial charge in [0.05, 0.1) is 29.4 Å². The molecule has 0 unspecified atom stereocenters. The number of nitrogens with zero attached hydrogens (tertiary/aromatic N) is 3. The highest BCUT2D eigenvalue weighted by Crippen LogP contribution is 2.34. The number of methoxy groups -OCH3 is 1. The molecule has 0 aliphatic carbocycles. The second-order valence-electron chi connectivity index (χ2n) is 7.29. The molecule has 144 valence electrons. The van der Waals surface area contributed by atoms with Crippen LogP contribution in [0, 0.1) is 0 Å². The van der Waals surface area contributed by atoms with Gasteiger partial charge in [0.15, 0.2) is 9.84 Å². The molecule has 0 bridgehead atoms. The van der Waals surface area contributed by atoms with Gasteiger partial charge in [-0.05, 0) is 26.8 Å². The largest absolute Gasteiger partial charge is 0.495 e. The molecule has 3 heterocycles. The number of ether oxygens (including phenoxy) is 1. The highest BCUT2D eigenvalue weighted by Gasteiger charge is 2.34. The van der Waals surface area contributed by atoms with Crippen molar-refractivity contribution in [2.24, 2.45) is 7.05 Å². The molecule has 0 saturated heterocycles. The summed E-state index contributed by atoms with van der Waals surface area (Å²) in [6, 6.07) is 3.13. The van der Waals surface area contributed by atoms with E-state index in [4.69, 9.17) is 10.5 Å². The Labute approximate surface area is 157 Å². The lowest BCUT2D eigenvalue weighted by molar-refractivity contribution is 0.401. The fourth-order valence-electron chi connectivity index (χ4n) is 2.77. The van der Waals surface area contributed by atoms with Crippen molar-refractivity contribution in [1.82, 2.24) is 14.0 Å². The Morgan fingerprint density at radius 1 is 1.19 bits per heavy atom. The first kappa shape index (κ1) is 19.0. The number of rotatable bonds is 3. The van der Waals surface area contributed by atoms with Gasteiger partial charge < -0.3 is 15.0 Å². The molecule has 0 atom stereocenters. The van der Waals surface area contributed by atoms with Crippen LogP contribution in [-0.2, 0) is 16.9 Å². The Bertz CT molecular complexity index is 1170. The van der Waals surface area contributed by atoms with Gasteiger partial charge in [-0.1, -0.05) is 0 Å². The van der Waals surface area contributed by atoms with Crippen LogP contribution in [0.4, 0.5) is 5.69 Å². The minimum absolute atomic E-state index is 0.0713. The SMILES string of the molecule is COc1cc2ncc(-c3cc(N)c(=O)n(C)c3)n2cc1S(=O)(=O)C(C)(C)C. The van der Waals surface area contributed by atoms with Crippen LogP contribution in [-0.4, -0.2) is 34.2 Å². The maximum absolute atomic E-state index is 13.0. The maximum Gasteiger partial charge on any atom is 0.273 e. The van der Waals surface area contributed by atoms with E-state index >= 15 is 0 Å². The summed E-state index contributed by atoms with van der Waals surface area (Å²) < 4.78 is 33.4. The summed E-state index contributed by atoms with van der Waals surface area (Å²) in [6.45, 7) is 4.90. The molecule has 0 fully saturated rings. The number of nitrogens with two attached hydrogens (primary N) is 1. The van der Waals surface area contributed by atoms with Gasteiger partial charge in [-0.2, -0.15) is 0 Å². The van der Waals surface area contributed by atoms with Crippen LogP contribution < -0.4 is 16.0 Å². The minimum Gasteiger partial charge on any atom is -0.495 e. The molecule has 0 radical (unpaired) electrons. The van der Waals surface area contributed by atoms with Crippen molar-refractivity contribution in [3.8, 4) is 17.0 Å². The summed E-state index contributed by atoms with van der Waals surface area (Å²) in [6.07, 6.45) is 4.73. The Balaban J connectivity index is 2.34. The molecule has 0 saturated carbocycles. The molecular weight excluding hydrogens is 368 g/mol. The highest BCUT2D eigenvalue weighted by molar-refractivity contribution is 7.92. The number of imidazole rings is 1. The Hall–Kier alpha value is -2.81. The lowest BCUT2D eigenvalue weighted by Gasteiger charge is -2.21. The Morgan fingerprint density at radius 2 is 1.85 bits per heavy atom. The first-order valence-corrected chi connectivity index (χ1v) is 9.72. The van der Waals surface area contributed by atoms with Gasteiger partial charge in [0, 0.05) is 31.1 Å². The van der Waals surface area contributed by atoms with Crippen LogP contribution in [0.25, 0.3) is 16.9 Å². The van der Waals surface area contributed by atoms with Crippen molar-refractivity contribution in [3.05, 3.63) is 41.1 Å². The van der Waals surface area contributed by atoms with Crippen LogP contribution in [0.2, 0.25) is 0 Å². The van der Waals surface area contributed by atoms with Crippen LogP contribution in [0.15, 0.2) is 40.4 Å². The fraction of sp³-hybridized carbons (Fsp3) is 0.333. The van der Waals surface area contributed by atoms with Gasteiger partial charge in [-0.25, -0.2) is 13.4 Å². The molecule has 0 spiro atoms. The van der Waals surface area contributed by atoms with E-state index < -0.39 is 14.6 Å². The molecule has 8 nitrogen and oxygen atoms in total. The summed E-state index contributed by atoms with van der Waals surface area (Å²) in [5.41, 5.74) is 7.36. The Kier molecular flexibility index (Phi) is 4.30. The van der Waals surface area contributed by atoms with E-state index in [9.17, 15) is 13.2 Å².